The Labute approximate surface area is 175 Å². The van der Waals surface area contributed by atoms with Crippen molar-refractivity contribution < 1.29 is 4.74 Å². The minimum atomic E-state index is 0.569. The fourth-order valence-corrected chi connectivity index (χ4v) is 4.17. The lowest BCUT2D eigenvalue weighted by Gasteiger charge is -2.10. The number of hydrogen-bond acceptors (Lipinski definition) is 5. The van der Waals surface area contributed by atoms with Gasteiger partial charge in [-0.05, 0) is 56.4 Å². The van der Waals surface area contributed by atoms with Gasteiger partial charge in [-0.25, -0.2) is 15.0 Å². The normalized spacial score (nSPS) is 11.1. The van der Waals surface area contributed by atoms with E-state index < -0.39 is 0 Å². The average molecular weight is 404 g/mol. The van der Waals surface area contributed by atoms with Gasteiger partial charge in [-0.3, -0.25) is 0 Å². The number of ether oxygens (including phenoxy) is 1. The molecule has 2 aromatic heterocycles. The van der Waals surface area contributed by atoms with Crippen molar-refractivity contribution in [3.05, 3.63) is 70.2 Å². The topological polar surface area (TPSA) is 47.9 Å². The van der Waals surface area contributed by atoms with E-state index in [0.717, 1.165) is 40.1 Å². The molecule has 5 heteroatoms. The van der Waals surface area contributed by atoms with E-state index in [4.69, 9.17) is 9.72 Å². The highest BCUT2D eigenvalue weighted by atomic mass is 32.1. The molecule has 4 aromatic rings. The van der Waals surface area contributed by atoms with Crippen LogP contribution in [0.15, 0.2) is 53.9 Å². The second-order valence-corrected chi connectivity index (χ2v) is 8.25. The first-order valence-corrected chi connectivity index (χ1v) is 10.9. The van der Waals surface area contributed by atoms with Crippen molar-refractivity contribution in [3.8, 4) is 17.1 Å². The molecule has 0 saturated heterocycles. The van der Waals surface area contributed by atoms with Crippen LogP contribution in [0.2, 0.25) is 0 Å². The van der Waals surface area contributed by atoms with Gasteiger partial charge in [0.05, 0.1) is 28.8 Å². The van der Waals surface area contributed by atoms with Crippen LogP contribution in [0.5, 0.6) is 5.88 Å². The highest BCUT2D eigenvalue weighted by molar-refractivity contribution is 7.09. The van der Waals surface area contributed by atoms with Crippen LogP contribution >= 0.6 is 11.3 Å². The van der Waals surface area contributed by atoms with Crippen molar-refractivity contribution in [1.29, 1.82) is 0 Å². The molecule has 2 heterocycles. The first-order chi connectivity index (χ1) is 14.2. The summed E-state index contributed by atoms with van der Waals surface area (Å²) in [4.78, 5) is 14.0. The number of unbranched alkanes of at least 4 members (excludes halogenated alkanes) is 2. The predicted octanol–water partition coefficient (Wildman–Crippen LogP) is 6.03. The van der Waals surface area contributed by atoms with E-state index in [0.29, 0.717) is 5.88 Å². The molecule has 0 fully saturated rings. The summed E-state index contributed by atoms with van der Waals surface area (Å²) in [5.41, 5.74) is 6.13. The van der Waals surface area contributed by atoms with Crippen molar-refractivity contribution in [2.24, 2.45) is 0 Å². The third-order valence-electron chi connectivity index (χ3n) is 5.00. The highest BCUT2D eigenvalue weighted by Crippen LogP contribution is 2.29. The van der Waals surface area contributed by atoms with Crippen LogP contribution in [0, 0.1) is 6.92 Å². The zero-order chi connectivity index (χ0) is 20.1. The lowest BCUT2D eigenvalue weighted by Crippen LogP contribution is -1.97. The van der Waals surface area contributed by atoms with Crippen LogP contribution < -0.4 is 4.74 Å². The molecule has 4 nitrogen and oxygen atoms in total. The van der Waals surface area contributed by atoms with E-state index in [1.54, 1.807) is 18.4 Å². The van der Waals surface area contributed by atoms with Crippen LogP contribution in [-0.2, 0) is 12.8 Å². The van der Waals surface area contributed by atoms with Crippen molar-refractivity contribution >= 4 is 22.4 Å². The predicted molar refractivity (Wildman–Crippen MR) is 120 cm³/mol. The van der Waals surface area contributed by atoms with E-state index in [1.807, 2.05) is 24.3 Å². The molecule has 0 saturated carbocycles. The Hall–Kier alpha value is -2.79. The smallest absolute Gasteiger partial charge is 0.240 e. The van der Waals surface area contributed by atoms with Crippen molar-refractivity contribution in [2.45, 2.75) is 39.0 Å². The van der Waals surface area contributed by atoms with Gasteiger partial charge >= 0.3 is 0 Å². The highest BCUT2D eigenvalue weighted by Gasteiger charge is 2.12. The zero-order valence-electron chi connectivity index (χ0n) is 16.9. The molecule has 0 amide bonds. The van der Waals surface area contributed by atoms with Crippen molar-refractivity contribution in [2.75, 3.05) is 7.11 Å². The Morgan fingerprint density at radius 2 is 1.66 bits per heavy atom. The number of benzene rings is 2. The number of thiazole rings is 1. The molecule has 0 aliphatic rings. The number of methoxy groups -OCH3 is 1. The largest absolute Gasteiger partial charge is 0.479 e. The van der Waals surface area contributed by atoms with Gasteiger partial charge in [0.15, 0.2) is 0 Å². The number of hydrogen-bond donors (Lipinski definition) is 0. The second kappa shape index (κ2) is 9.14. The van der Waals surface area contributed by atoms with Crippen molar-refractivity contribution in [1.82, 2.24) is 15.0 Å². The van der Waals surface area contributed by atoms with E-state index >= 15 is 0 Å². The lowest BCUT2D eigenvalue weighted by molar-refractivity contribution is 0.400. The molecule has 0 aliphatic carbocycles. The molecule has 4 rings (SSSR count). The molecule has 0 unspecified atom stereocenters. The Morgan fingerprint density at radius 1 is 0.862 bits per heavy atom. The summed E-state index contributed by atoms with van der Waals surface area (Å²) in [5.74, 6) is 0.569. The van der Waals surface area contributed by atoms with Gasteiger partial charge in [-0.1, -0.05) is 36.8 Å². The molecule has 148 valence electrons. The molecule has 0 spiro atoms. The summed E-state index contributed by atoms with van der Waals surface area (Å²) < 4.78 is 5.53. The SMILES string of the molecule is COc1nc2ccccc2nc1-c1cccc(CCCCCc2csc(C)n2)c1. The van der Waals surface area contributed by atoms with Gasteiger partial charge in [0.1, 0.15) is 5.69 Å². The molecular formula is C24H25N3OS. The monoisotopic (exact) mass is 403 g/mol. The molecule has 0 radical (unpaired) electrons. The molecule has 0 atom stereocenters. The Kier molecular flexibility index (Phi) is 6.15. The van der Waals surface area contributed by atoms with Gasteiger partial charge in [-0.15, -0.1) is 11.3 Å². The number of nitrogens with zero attached hydrogens (tertiary/aromatic N) is 3. The van der Waals surface area contributed by atoms with Crippen LogP contribution in [0.3, 0.4) is 0 Å². The van der Waals surface area contributed by atoms with Gasteiger partial charge in [0, 0.05) is 10.9 Å². The third-order valence-corrected chi connectivity index (χ3v) is 5.82. The molecule has 2 aromatic carbocycles. The van der Waals surface area contributed by atoms with Crippen molar-refractivity contribution in [3.63, 3.8) is 0 Å². The Bertz CT molecular complexity index is 1110. The summed E-state index contributed by atoms with van der Waals surface area (Å²) in [6, 6.07) is 16.5. The lowest BCUT2D eigenvalue weighted by atomic mass is 10.0. The fraction of sp³-hybridized carbons (Fsp3) is 0.292. The van der Waals surface area contributed by atoms with Gasteiger partial charge < -0.3 is 4.74 Å². The summed E-state index contributed by atoms with van der Waals surface area (Å²) in [5, 5.41) is 3.33. The maximum Gasteiger partial charge on any atom is 0.240 e. The van der Waals surface area contributed by atoms with Gasteiger partial charge in [0.2, 0.25) is 5.88 Å². The van der Waals surface area contributed by atoms with Crippen LogP contribution in [-0.4, -0.2) is 22.1 Å². The summed E-state index contributed by atoms with van der Waals surface area (Å²) in [6.07, 6.45) is 5.71. The van der Waals surface area contributed by atoms with E-state index in [-0.39, 0.29) is 0 Å². The zero-order valence-corrected chi connectivity index (χ0v) is 17.7. The molecule has 0 N–H and O–H groups in total. The Balaban J connectivity index is 1.42. The third kappa shape index (κ3) is 4.80. The summed E-state index contributed by atoms with van der Waals surface area (Å²) >= 11 is 1.74. The minimum absolute atomic E-state index is 0.569. The molecular weight excluding hydrogens is 378 g/mol. The fourth-order valence-electron chi connectivity index (χ4n) is 3.52. The molecule has 0 bridgehead atoms. The second-order valence-electron chi connectivity index (χ2n) is 7.19. The summed E-state index contributed by atoms with van der Waals surface area (Å²) in [6.45, 7) is 2.07. The van der Waals surface area contributed by atoms with E-state index in [2.05, 4.69) is 46.5 Å². The molecule has 29 heavy (non-hydrogen) atoms. The summed E-state index contributed by atoms with van der Waals surface area (Å²) in [7, 11) is 1.65. The van der Waals surface area contributed by atoms with Crippen LogP contribution in [0.4, 0.5) is 0 Å². The van der Waals surface area contributed by atoms with Crippen LogP contribution in [0.1, 0.15) is 35.5 Å². The molecule has 0 aliphatic heterocycles. The van der Waals surface area contributed by atoms with Crippen LogP contribution in [0.25, 0.3) is 22.3 Å². The number of para-hydroxylation sites is 2. The van der Waals surface area contributed by atoms with Gasteiger partial charge in [0.25, 0.3) is 0 Å². The van der Waals surface area contributed by atoms with E-state index in [1.165, 1.54) is 30.5 Å². The standard InChI is InChI=1S/C24H25N3OS/c1-17-25-20(16-29-17)12-5-3-4-9-18-10-8-11-19(15-18)23-24(28-2)27-22-14-7-6-13-21(22)26-23/h6-8,10-11,13-16H,3-5,9,12H2,1-2H3. The number of aryl methyl sites for hydroxylation is 3. The number of rotatable bonds is 8. The van der Waals surface area contributed by atoms with Gasteiger partial charge in [-0.2, -0.15) is 0 Å². The number of aromatic nitrogens is 3. The Morgan fingerprint density at radius 3 is 2.41 bits per heavy atom. The van der Waals surface area contributed by atoms with E-state index in [9.17, 15) is 0 Å². The number of fused-ring (bicyclic) bond motifs is 1. The quantitative estimate of drug-likeness (QED) is 0.337. The average Bonchev–Trinajstić information content (AvgIpc) is 3.17. The maximum absolute atomic E-state index is 5.53. The first kappa shape index (κ1) is 19.5. The first-order valence-electron chi connectivity index (χ1n) is 10.0. The maximum atomic E-state index is 5.53. The minimum Gasteiger partial charge on any atom is -0.479 e.